The van der Waals surface area contributed by atoms with Crippen molar-refractivity contribution in [2.24, 2.45) is 0 Å². The molecule has 39 heavy (non-hydrogen) atoms. The van der Waals surface area contributed by atoms with E-state index < -0.39 is 6.09 Å². The van der Waals surface area contributed by atoms with Gasteiger partial charge in [0, 0.05) is 37.1 Å². The third-order valence-electron chi connectivity index (χ3n) is 6.30. The molecule has 0 aliphatic carbocycles. The first-order chi connectivity index (χ1) is 18.8. The van der Waals surface area contributed by atoms with Gasteiger partial charge in [-0.05, 0) is 24.1 Å². The number of nitrogens with zero attached hydrogens (tertiary/aromatic N) is 5. The number of benzene rings is 2. The van der Waals surface area contributed by atoms with Gasteiger partial charge in [0.2, 0.25) is 5.91 Å². The summed E-state index contributed by atoms with van der Waals surface area (Å²) in [6.45, 7) is 6.15. The first-order valence-electron chi connectivity index (χ1n) is 12.3. The molecule has 5 rings (SSSR count). The fourth-order valence-corrected chi connectivity index (χ4v) is 4.36. The maximum absolute atomic E-state index is 11.8. The van der Waals surface area contributed by atoms with Gasteiger partial charge in [0.25, 0.3) is 5.89 Å². The lowest BCUT2D eigenvalue weighted by atomic mass is 10.1. The van der Waals surface area contributed by atoms with Crippen molar-refractivity contribution < 1.29 is 19.1 Å². The number of nitrogen functional groups attached to an aromatic ring is 1. The van der Waals surface area contributed by atoms with E-state index in [9.17, 15) is 14.7 Å². The van der Waals surface area contributed by atoms with Crippen molar-refractivity contribution in [2.45, 2.75) is 20.0 Å². The van der Waals surface area contributed by atoms with Crippen LogP contribution in [0.2, 0.25) is 0 Å². The second-order valence-electron chi connectivity index (χ2n) is 9.13. The first-order valence-corrected chi connectivity index (χ1v) is 12.3. The summed E-state index contributed by atoms with van der Waals surface area (Å²) in [5, 5.41) is 13.2. The third-order valence-corrected chi connectivity index (χ3v) is 6.30. The van der Waals surface area contributed by atoms with Gasteiger partial charge in [-0.15, -0.1) is 0 Å². The number of carboxylic acid groups (broad SMARTS) is 1. The molecule has 0 aliphatic rings. The minimum absolute atomic E-state index is 0.152. The molecule has 3 heterocycles. The Morgan fingerprint density at radius 2 is 1.87 bits per heavy atom. The van der Waals surface area contributed by atoms with Gasteiger partial charge in [0.15, 0.2) is 11.6 Å². The van der Waals surface area contributed by atoms with Crippen LogP contribution in [-0.2, 0) is 17.9 Å². The SMILES string of the molecule is C=C(C)C(=O)NCCN(Cc1ccc(Cn2c(-c3ncco3)nc3c(N)nc4ccccc4c32)cc1)C(=O)O. The smallest absolute Gasteiger partial charge is 0.407 e. The van der Waals surface area contributed by atoms with Gasteiger partial charge < -0.3 is 30.0 Å². The maximum atomic E-state index is 11.8. The van der Waals surface area contributed by atoms with Crippen molar-refractivity contribution >= 4 is 39.8 Å². The van der Waals surface area contributed by atoms with Gasteiger partial charge in [0.05, 0.1) is 17.2 Å². The number of imidazole rings is 1. The Hall–Kier alpha value is -5.19. The average molecular weight is 526 g/mol. The Morgan fingerprint density at radius 1 is 1.13 bits per heavy atom. The summed E-state index contributed by atoms with van der Waals surface area (Å²) in [4.78, 5) is 38.2. The highest BCUT2D eigenvalue weighted by Crippen LogP contribution is 2.32. The van der Waals surface area contributed by atoms with Crippen LogP contribution < -0.4 is 11.1 Å². The first kappa shape index (κ1) is 25.5. The van der Waals surface area contributed by atoms with Crippen LogP contribution in [0, 0.1) is 0 Å². The average Bonchev–Trinajstić information content (AvgIpc) is 3.58. The van der Waals surface area contributed by atoms with E-state index in [2.05, 4.69) is 21.9 Å². The molecule has 5 aromatic rings. The summed E-state index contributed by atoms with van der Waals surface area (Å²) in [5.74, 6) is 0.907. The number of hydrogen-bond donors (Lipinski definition) is 3. The molecule has 11 nitrogen and oxygen atoms in total. The van der Waals surface area contributed by atoms with E-state index in [0.29, 0.717) is 35.2 Å². The van der Waals surface area contributed by atoms with Gasteiger partial charge >= 0.3 is 6.09 Å². The molecule has 4 N–H and O–H groups in total. The molecule has 0 saturated carbocycles. The molecule has 2 amide bonds. The number of nitrogens with one attached hydrogen (secondary N) is 1. The van der Waals surface area contributed by atoms with Crippen LogP contribution in [0.4, 0.5) is 10.6 Å². The molecule has 0 bridgehead atoms. The number of oxazole rings is 1. The summed E-state index contributed by atoms with van der Waals surface area (Å²) in [7, 11) is 0. The predicted octanol–water partition coefficient (Wildman–Crippen LogP) is 4.04. The zero-order valence-corrected chi connectivity index (χ0v) is 21.3. The lowest BCUT2D eigenvalue weighted by Gasteiger charge is -2.20. The molecule has 0 aliphatic heterocycles. The summed E-state index contributed by atoms with van der Waals surface area (Å²) >= 11 is 0. The summed E-state index contributed by atoms with van der Waals surface area (Å²) < 4.78 is 7.58. The van der Waals surface area contributed by atoms with Crippen LogP contribution in [0.1, 0.15) is 18.1 Å². The van der Waals surface area contributed by atoms with Crippen LogP contribution in [0.25, 0.3) is 33.7 Å². The topological polar surface area (TPSA) is 152 Å². The van der Waals surface area contributed by atoms with Crippen molar-refractivity contribution in [3.63, 3.8) is 0 Å². The fraction of sp³-hybridized carbons (Fsp3) is 0.179. The van der Waals surface area contributed by atoms with Crippen LogP contribution in [-0.4, -0.2) is 54.6 Å². The largest absolute Gasteiger partial charge is 0.465 e. The monoisotopic (exact) mass is 525 g/mol. The van der Waals surface area contributed by atoms with Crippen molar-refractivity contribution in [3.8, 4) is 11.7 Å². The molecule has 0 unspecified atom stereocenters. The number of anilines is 1. The maximum Gasteiger partial charge on any atom is 0.407 e. The quantitative estimate of drug-likeness (QED) is 0.244. The molecule has 2 aromatic carbocycles. The molecule has 0 spiro atoms. The Kier molecular flexibility index (Phi) is 6.96. The highest BCUT2D eigenvalue weighted by atomic mass is 16.4. The number of nitrogens with two attached hydrogens (primary N) is 1. The zero-order chi connectivity index (χ0) is 27.5. The van der Waals surface area contributed by atoms with Crippen molar-refractivity contribution in [2.75, 3.05) is 18.8 Å². The number of carbonyl (C=O) groups excluding carboxylic acids is 1. The Morgan fingerprint density at radius 3 is 2.56 bits per heavy atom. The highest BCUT2D eigenvalue weighted by Gasteiger charge is 2.21. The number of para-hydroxylation sites is 1. The van der Waals surface area contributed by atoms with E-state index in [4.69, 9.17) is 15.1 Å². The summed E-state index contributed by atoms with van der Waals surface area (Å²) in [6, 6.07) is 15.4. The minimum atomic E-state index is -1.07. The number of pyridine rings is 1. The zero-order valence-electron chi connectivity index (χ0n) is 21.3. The molecule has 11 heteroatoms. The van der Waals surface area contributed by atoms with Gasteiger partial charge in [0.1, 0.15) is 11.8 Å². The molecule has 0 radical (unpaired) electrons. The molecule has 3 aromatic heterocycles. The van der Waals surface area contributed by atoms with Gasteiger partial charge in [-0.3, -0.25) is 4.79 Å². The van der Waals surface area contributed by atoms with Crippen LogP contribution in [0.3, 0.4) is 0 Å². The van der Waals surface area contributed by atoms with Crippen LogP contribution in [0.15, 0.2) is 77.6 Å². The standard InChI is InChI=1S/C28H27N7O4/c1-17(2)26(36)30-11-13-34(28(37)38)15-18-7-9-19(10-8-18)16-35-23-20-5-3-4-6-21(20)32-24(29)22(23)33-25(35)27-31-12-14-39-27/h3-10,12,14H,1,11,13,15-16H2,2H3,(H2,29,32)(H,30,36)(H,37,38). The predicted molar refractivity (Wildman–Crippen MR) is 147 cm³/mol. The lowest BCUT2D eigenvalue weighted by Crippen LogP contribution is -2.37. The van der Waals surface area contributed by atoms with E-state index in [1.54, 1.807) is 13.1 Å². The molecule has 0 fully saturated rings. The number of rotatable bonds is 9. The van der Waals surface area contributed by atoms with Crippen molar-refractivity contribution in [3.05, 3.63) is 84.3 Å². The molecule has 0 atom stereocenters. The highest BCUT2D eigenvalue weighted by molar-refractivity contribution is 6.07. The number of hydrogen-bond acceptors (Lipinski definition) is 7. The van der Waals surface area contributed by atoms with E-state index >= 15 is 0 Å². The number of aromatic nitrogens is 4. The summed E-state index contributed by atoms with van der Waals surface area (Å²) in [5.41, 5.74) is 10.6. The van der Waals surface area contributed by atoms with E-state index in [-0.39, 0.29) is 25.5 Å². The van der Waals surface area contributed by atoms with Crippen LogP contribution in [0.5, 0.6) is 0 Å². The molecule has 198 valence electrons. The van der Waals surface area contributed by atoms with Gasteiger partial charge in [-0.1, -0.05) is 49.0 Å². The Labute approximate surface area is 223 Å². The number of fused-ring (bicyclic) bond motifs is 3. The Bertz CT molecular complexity index is 1670. The lowest BCUT2D eigenvalue weighted by molar-refractivity contribution is -0.117. The van der Waals surface area contributed by atoms with Gasteiger partial charge in [-0.25, -0.2) is 19.7 Å². The third kappa shape index (κ3) is 5.28. The second-order valence-corrected chi connectivity index (χ2v) is 9.13. The molecular formula is C28H27N7O4. The van der Waals surface area contributed by atoms with Crippen molar-refractivity contribution in [1.29, 1.82) is 0 Å². The van der Waals surface area contributed by atoms with E-state index in [1.807, 2.05) is 53.1 Å². The van der Waals surface area contributed by atoms with Crippen molar-refractivity contribution in [1.82, 2.24) is 29.7 Å². The van der Waals surface area contributed by atoms with Crippen LogP contribution >= 0.6 is 0 Å². The molecular weight excluding hydrogens is 498 g/mol. The number of carbonyl (C=O) groups is 2. The minimum Gasteiger partial charge on any atom is -0.465 e. The fourth-order valence-electron chi connectivity index (χ4n) is 4.36. The molecule has 0 saturated heterocycles. The van der Waals surface area contributed by atoms with E-state index in [1.165, 1.54) is 11.2 Å². The number of amides is 2. The summed E-state index contributed by atoms with van der Waals surface area (Å²) in [6.07, 6.45) is 1.99. The second kappa shape index (κ2) is 10.7. The Balaban J connectivity index is 1.42. The van der Waals surface area contributed by atoms with Gasteiger partial charge in [-0.2, -0.15) is 0 Å². The van der Waals surface area contributed by atoms with E-state index in [0.717, 1.165) is 27.5 Å². The normalized spacial score (nSPS) is 11.1.